The molecular weight excluding hydrogens is 364 g/mol. The maximum atomic E-state index is 12.8. The Bertz CT molecular complexity index is 1000. The number of pyridine rings is 1. The molecule has 7 nitrogen and oxygen atoms in total. The summed E-state index contributed by atoms with van der Waals surface area (Å²) in [5.41, 5.74) is 1.64. The lowest BCUT2D eigenvalue weighted by Crippen LogP contribution is -2.50. The largest absolute Gasteiger partial charge is 0.336 e. The summed E-state index contributed by atoms with van der Waals surface area (Å²) in [6.45, 7) is 3.84. The van der Waals surface area contributed by atoms with Crippen molar-refractivity contribution in [3.05, 3.63) is 52.0 Å². The fraction of sp³-hybridized carbons (Fsp3) is 0.263. The van der Waals surface area contributed by atoms with E-state index in [0.29, 0.717) is 43.1 Å². The van der Waals surface area contributed by atoms with Gasteiger partial charge in [0.2, 0.25) is 5.91 Å². The summed E-state index contributed by atoms with van der Waals surface area (Å²) in [5.74, 6) is -0.120. The topological polar surface area (TPSA) is 79.5 Å². The zero-order valence-electron chi connectivity index (χ0n) is 14.8. The molecule has 0 saturated carbocycles. The van der Waals surface area contributed by atoms with Crippen LogP contribution in [0.25, 0.3) is 17.2 Å². The average Bonchev–Trinajstić information content (AvgIpc) is 3.35. The normalized spacial score (nSPS) is 15.0. The lowest BCUT2D eigenvalue weighted by Gasteiger charge is -2.34. The fourth-order valence-corrected chi connectivity index (χ4v) is 3.64. The maximum absolute atomic E-state index is 12.8. The Morgan fingerprint density at radius 1 is 1.22 bits per heavy atom. The van der Waals surface area contributed by atoms with Crippen molar-refractivity contribution in [2.75, 3.05) is 26.2 Å². The van der Waals surface area contributed by atoms with Crippen molar-refractivity contribution in [3.8, 4) is 0 Å². The fourth-order valence-electron chi connectivity index (χ4n) is 3.02. The third-order valence-corrected chi connectivity index (χ3v) is 5.41. The van der Waals surface area contributed by atoms with E-state index in [2.05, 4.69) is 10.1 Å². The molecule has 3 aromatic rings. The predicted molar refractivity (Wildman–Crippen MR) is 102 cm³/mol. The van der Waals surface area contributed by atoms with Gasteiger partial charge in [-0.1, -0.05) is 11.2 Å². The number of hydrogen-bond donors (Lipinski definition) is 0. The molecule has 8 heteroatoms. The molecule has 0 unspecified atom stereocenters. The predicted octanol–water partition coefficient (Wildman–Crippen LogP) is 2.59. The Kier molecular flexibility index (Phi) is 4.72. The number of fused-ring (bicyclic) bond motifs is 1. The summed E-state index contributed by atoms with van der Waals surface area (Å²) in [6.07, 6.45) is 4.93. The van der Waals surface area contributed by atoms with Gasteiger partial charge in [-0.2, -0.15) is 0 Å². The van der Waals surface area contributed by atoms with Crippen LogP contribution in [0.15, 0.2) is 40.4 Å². The summed E-state index contributed by atoms with van der Waals surface area (Å²) < 4.78 is 5.08. The molecule has 2 amide bonds. The molecule has 0 N–H and O–H groups in total. The van der Waals surface area contributed by atoms with E-state index in [0.717, 1.165) is 10.3 Å². The third-order valence-electron chi connectivity index (χ3n) is 4.57. The van der Waals surface area contributed by atoms with Crippen LogP contribution in [0.1, 0.15) is 20.9 Å². The Morgan fingerprint density at radius 3 is 2.74 bits per heavy atom. The van der Waals surface area contributed by atoms with Gasteiger partial charge in [0.05, 0.1) is 16.6 Å². The molecule has 1 fully saturated rings. The molecule has 1 aliphatic rings. The van der Waals surface area contributed by atoms with E-state index in [1.807, 2.05) is 30.5 Å². The molecule has 1 saturated heterocycles. The first-order valence-electron chi connectivity index (χ1n) is 8.63. The van der Waals surface area contributed by atoms with Gasteiger partial charge in [-0.15, -0.1) is 11.3 Å². The van der Waals surface area contributed by atoms with Crippen LogP contribution >= 0.6 is 11.3 Å². The van der Waals surface area contributed by atoms with E-state index in [4.69, 9.17) is 4.52 Å². The van der Waals surface area contributed by atoms with Crippen molar-refractivity contribution in [1.29, 1.82) is 0 Å². The molecule has 0 atom stereocenters. The quantitative estimate of drug-likeness (QED) is 0.651. The van der Waals surface area contributed by atoms with Crippen LogP contribution in [0.4, 0.5) is 0 Å². The standard InChI is InChI=1S/C19H18N4O3S/c1-13-16-11-14(12-20-18(16)26-21-13)19(25)23-8-6-22(7-9-23)17(24)5-4-15-3-2-10-27-15/h2-5,10-12H,6-9H2,1H3. The van der Waals surface area contributed by atoms with Crippen LogP contribution in [-0.4, -0.2) is 57.9 Å². The van der Waals surface area contributed by atoms with Crippen molar-refractivity contribution >= 4 is 40.3 Å². The van der Waals surface area contributed by atoms with Gasteiger partial charge in [-0.05, 0) is 30.5 Å². The Labute approximate surface area is 159 Å². The van der Waals surface area contributed by atoms with Crippen molar-refractivity contribution in [1.82, 2.24) is 19.9 Å². The highest BCUT2D eigenvalue weighted by molar-refractivity contribution is 7.10. The zero-order valence-corrected chi connectivity index (χ0v) is 15.6. The first-order chi connectivity index (χ1) is 13.1. The molecule has 138 valence electrons. The van der Waals surface area contributed by atoms with Gasteiger partial charge in [0.1, 0.15) is 0 Å². The van der Waals surface area contributed by atoms with Crippen molar-refractivity contribution in [3.63, 3.8) is 0 Å². The van der Waals surface area contributed by atoms with Crippen LogP contribution in [0.2, 0.25) is 0 Å². The van der Waals surface area contributed by atoms with Gasteiger partial charge >= 0.3 is 0 Å². The van der Waals surface area contributed by atoms with Gasteiger partial charge in [0.15, 0.2) is 0 Å². The lowest BCUT2D eigenvalue weighted by atomic mass is 10.1. The highest BCUT2D eigenvalue weighted by atomic mass is 32.1. The smallest absolute Gasteiger partial charge is 0.257 e. The Balaban J connectivity index is 1.38. The van der Waals surface area contributed by atoms with E-state index in [-0.39, 0.29) is 11.8 Å². The van der Waals surface area contributed by atoms with Gasteiger partial charge in [0, 0.05) is 43.3 Å². The molecule has 1 aliphatic heterocycles. The first kappa shape index (κ1) is 17.4. The number of carbonyl (C=O) groups excluding carboxylic acids is 2. The SMILES string of the molecule is Cc1noc2ncc(C(=O)N3CCN(C(=O)C=Cc4cccs4)CC3)cc12. The number of hydrogen-bond acceptors (Lipinski definition) is 6. The molecular formula is C19H18N4O3S. The average molecular weight is 382 g/mol. The van der Waals surface area contributed by atoms with Gasteiger partial charge in [-0.25, -0.2) is 4.98 Å². The van der Waals surface area contributed by atoms with Crippen molar-refractivity contribution in [2.24, 2.45) is 0 Å². The number of amides is 2. The molecule has 4 heterocycles. The number of piperazine rings is 1. The Hall–Kier alpha value is -3.00. The second-order valence-electron chi connectivity index (χ2n) is 6.31. The lowest BCUT2D eigenvalue weighted by molar-refractivity contribution is -0.127. The van der Waals surface area contributed by atoms with E-state index in [1.165, 1.54) is 6.20 Å². The summed E-state index contributed by atoms with van der Waals surface area (Å²) >= 11 is 1.59. The number of aromatic nitrogens is 2. The second kappa shape index (κ2) is 7.32. The van der Waals surface area contributed by atoms with Crippen LogP contribution in [0.5, 0.6) is 0 Å². The molecule has 4 rings (SSSR count). The summed E-state index contributed by atoms with van der Waals surface area (Å²) in [4.78, 5) is 33.8. The van der Waals surface area contributed by atoms with Gasteiger partial charge < -0.3 is 14.3 Å². The highest BCUT2D eigenvalue weighted by Crippen LogP contribution is 2.18. The van der Waals surface area contributed by atoms with Crippen LogP contribution in [-0.2, 0) is 4.79 Å². The monoisotopic (exact) mass is 382 g/mol. The molecule has 0 aliphatic carbocycles. The highest BCUT2D eigenvalue weighted by Gasteiger charge is 2.24. The molecule has 0 aromatic carbocycles. The molecule has 27 heavy (non-hydrogen) atoms. The van der Waals surface area contributed by atoms with Crippen molar-refractivity contribution < 1.29 is 14.1 Å². The zero-order chi connectivity index (χ0) is 18.8. The van der Waals surface area contributed by atoms with E-state index in [9.17, 15) is 9.59 Å². The van der Waals surface area contributed by atoms with Crippen LogP contribution in [0, 0.1) is 6.92 Å². The van der Waals surface area contributed by atoms with Crippen molar-refractivity contribution in [2.45, 2.75) is 6.92 Å². The summed E-state index contributed by atoms with van der Waals surface area (Å²) in [7, 11) is 0. The first-order valence-corrected chi connectivity index (χ1v) is 9.51. The van der Waals surface area contributed by atoms with Gasteiger partial charge in [0.25, 0.3) is 11.6 Å². The van der Waals surface area contributed by atoms with E-state index in [1.54, 1.807) is 33.3 Å². The van der Waals surface area contributed by atoms with Gasteiger partial charge in [-0.3, -0.25) is 9.59 Å². The number of rotatable bonds is 3. The summed E-state index contributed by atoms with van der Waals surface area (Å²) in [6, 6.07) is 5.68. The molecule has 0 spiro atoms. The molecule has 3 aromatic heterocycles. The maximum Gasteiger partial charge on any atom is 0.257 e. The number of aryl methyl sites for hydroxylation is 1. The van der Waals surface area contributed by atoms with E-state index < -0.39 is 0 Å². The minimum atomic E-state index is -0.0915. The molecule has 0 radical (unpaired) electrons. The third kappa shape index (κ3) is 3.61. The van der Waals surface area contributed by atoms with Crippen LogP contribution < -0.4 is 0 Å². The van der Waals surface area contributed by atoms with E-state index >= 15 is 0 Å². The number of thiophene rings is 1. The number of nitrogens with zero attached hydrogens (tertiary/aromatic N) is 4. The molecule has 0 bridgehead atoms. The second-order valence-corrected chi connectivity index (χ2v) is 7.29. The summed E-state index contributed by atoms with van der Waals surface area (Å²) in [5, 5.41) is 6.58. The minimum Gasteiger partial charge on any atom is -0.336 e. The minimum absolute atomic E-state index is 0.0290. The van der Waals surface area contributed by atoms with Crippen LogP contribution in [0.3, 0.4) is 0 Å². The number of carbonyl (C=O) groups is 2. The Morgan fingerprint density at radius 2 is 2.00 bits per heavy atom.